The maximum Gasteiger partial charge on any atom is 0.421 e. The average molecular weight is 342 g/mol. The molecule has 8 heteroatoms. The molecule has 0 unspecified atom stereocenters. The SMILES string of the molecule is O=C(CCn1cccc(C(F)(F)F)c1=O)NCc1ccc(F)cc1. The van der Waals surface area contributed by atoms with Crippen LogP contribution in [0.5, 0.6) is 0 Å². The molecule has 1 heterocycles. The summed E-state index contributed by atoms with van der Waals surface area (Å²) in [6.07, 6.45) is -3.68. The Morgan fingerprint density at radius 3 is 2.42 bits per heavy atom. The summed E-state index contributed by atoms with van der Waals surface area (Å²) in [5.74, 6) is -0.822. The molecule has 0 aliphatic heterocycles. The van der Waals surface area contributed by atoms with Gasteiger partial charge in [0.25, 0.3) is 5.56 Å². The van der Waals surface area contributed by atoms with Crippen molar-refractivity contribution in [2.45, 2.75) is 25.7 Å². The summed E-state index contributed by atoms with van der Waals surface area (Å²) in [7, 11) is 0. The van der Waals surface area contributed by atoms with Crippen molar-refractivity contribution in [1.82, 2.24) is 9.88 Å². The lowest BCUT2D eigenvalue weighted by atomic mass is 10.2. The lowest BCUT2D eigenvalue weighted by molar-refractivity contribution is -0.138. The average Bonchev–Trinajstić information content (AvgIpc) is 2.52. The van der Waals surface area contributed by atoms with Gasteiger partial charge in [0, 0.05) is 25.7 Å². The molecule has 0 spiro atoms. The van der Waals surface area contributed by atoms with Gasteiger partial charge in [-0.25, -0.2) is 4.39 Å². The minimum absolute atomic E-state index is 0.150. The Kier molecular flexibility index (Phi) is 5.38. The molecule has 0 radical (unpaired) electrons. The predicted octanol–water partition coefficient (Wildman–Crippen LogP) is 2.71. The zero-order chi connectivity index (χ0) is 17.7. The first-order chi connectivity index (χ1) is 11.3. The molecule has 1 N–H and O–H groups in total. The number of aryl methyl sites for hydroxylation is 1. The highest BCUT2D eigenvalue weighted by molar-refractivity contribution is 5.75. The van der Waals surface area contributed by atoms with Gasteiger partial charge in [-0.1, -0.05) is 12.1 Å². The van der Waals surface area contributed by atoms with E-state index in [4.69, 9.17) is 0 Å². The number of carbonyl (C=O) groups excluding carboxylic acids is 1. The first-order valence-electron chi connectivity index (χ1n) is 7.05. The lowest BCUT2D eigenvalue weighted by Gasteiger charge is -2.10. The maximum atomic E-state index is 12.7. The van der Waals surface area contributed by atoms with Gasteiger partial charge < -0.3 is 9.88 Å². The Morgan fingerprint density at radius 1 is 1.12 bits per heavy atom. The molecule has 1 aromatic carbocycles. The first-order valence-corrected chi connectivity index (χ1v) is 7.05. The standard InChI is InChI=1S/C16H14F4N2O2/c17-12-5-3-11(4-6-12)10-21-14(23)7-9-22-8-1-2-13(15(22)24)16(18,19)20/h1-6,8H,7,9-10H2,(H,21,23). The van der Waals surface area contributed by atoms with Gasteiger partial charge in [-0.05, 0) is 29.8 Å². The summed E-state index contributed by atoms with van der Waals surface area (Å²) >= 11 is 0. The van der Waals surface area contributed by atoms with Gasteiger partial charge in [-0.2, -0.15) is 13.2 Å². The van der Waals surface area contributed by atoms with Crippen LogP contribution in [-0.2, 0) is 24.1 Å². The number of benzene rings is 1. The van der Waals surface area contributed by atoms with Crippen LogP contribution in [0.4, 0.5) is 17.6 Å². The van der Waals surface area contributed by atoms with Gasteiger partial charge in [0.1, 0.15) is 11.4 Å². The molecule has 1 aromatic heterocycles. The quantitative estimate of drug-likeness (QED) is 0.850. The largest absolute Gasteiger partial charge is 0.421 e. The van der Waals surface area contributed by atoms with Crippen LogP contribution in [0.2, 0.25) is 0 Å². The van der Waals surface area contributed by atoms with E-state index in [9.17, 15) is 27.2 Å². The van der Waals surface area contributed by atoms with Crippen LogP contribution < -0.4 is 10.9 Å². The molecule has 1 amide bonds. The molecule has 0 aliphatic carbocycles. The highest BCUT2D eigenvalue weighted by atomic mass is 19.4. The number of hydrogen-bond acceptors (Lipinski definition) is 2. The molecule has 0 atom stereocenters. The monoisotopic (exact) mass is 342 g/mol. The Morgan fingerprint density at radius 2 is 1.79 bits per heavy atom. The molecule has 128 valence electrons. The highest BCUT2D eigenvalue weighted by Gasteiger charge is 2.34. The number of nitrogens with zero attached hydrogens (tertiary/aromatic N) is 1. The second-order valence-electron chi connectivity index (χ2n) is 5.07. The van der Waals surface area contributed by atoms with Gasteiger partial charge in [-0.15, -0.1) is 0 Å². The van der Waals surface area contributed by atoms with E-state index in [1.165, 1.54) is 30.5 Å². The minimum Gasteiger partial charge on any atom is -0.352 e. The summed E-state index contributed by atoms with van der Waals surface area (Å²) in [6, 6.07) is 7.33. The molecule has 0 saturated carbocycles. The summed E-state index contributed by atoms with van der Waals surface area (Å²) in [5.41, 5.74) is -1.77. The zero-order valence-electron chi connectivity index (χ0n) is 12.4. The number of pyridine rings is 1. The van der Waals surface area contributed by atoms with Crippen LogP contribution in [0.25, 0.3) is 0 Å². The van der Waals surface area contributed by atoms with Crippen LogP contribution in [0.1, 0.15) is 17.5 Å². The fourth-order valence-electron chi connectivity index (χ4n) is 2.04. The molecule has 0 bridgehead atoms. The fourth-order valence-corrected chi connectivity index (χ4v) is 2.04. The third-order valence-electron chi connectivity index (χ3n) is 3.31. The number of carbonyl (C=O) groups is 1. The van der Waals surface area contributed by atoms with E-state index >= 15 is 0 Å². The normalized spacial score (nSPS) is 11.3. The maximum absolute atomic E-state index is 12.7. The molecule has 2 rings (SSSR count). The van der Waals surface area contributed by atoms with Crippen molar-refractivity contribution >= 4 is 5.91 Å². The van der Waals surface area contributed by atoms with Crippen LogP contribution in [0, 0.1) is 5.82 Å². The lowest BCUT2D eigenvalue weighted by Crippen LogP contribution is -2.30. The summed E-state index contributed by atoms with van der Waals surface area (Å²) in [5, 5.41) is 2.55. The smallest absolute Gasteiger partial charge is 0.352 e. The summed E-state index contributed by atoms with van der Waals surface area (Å²) in [4.78, 5) is 23.4. The van der Waals surface area contributed by atoms with E-state index in [-0.39, 0.29) is 19.5 Å². The van der Waals surface area contributed by atoms with Crippen molar-refractivity contribution in [3.05, 3.63) is 69.9 Å². The van der Waals surface area contributed by atoms with Crippen LogP contribution in [0.15, 0.2) is 47.4 Å². The number of alkyl halides is 3. The van der Waals surface area contributed by atoms with Crippen LogP contribution >= 0.6 is 0 Å². The van der Waals surface area contributed by atoms with Crippen molar-refractivity contribution in [3.63, 3.8) is 0 Å². The minimum atomic E-state index is -4.73. The molecule has 24 heavy (non-hydrogen) atoms. The van der Waals surface area contributed by atoms with Crippen molar-refractivity contribution in [2.75, 3.05) is 0 Å². The van der Waals surface area contributed by atoms with Gasteiger partial charge in [0.05, 0.1) is 0 Å². The van der Waals surface area contributed by atoms with E-state index < -0.39 is 29.0 Å². The number of halogens is 4. The highest BCUT2D eigenvalue weighted by Crippen LogP contribution is 2.25. The number of aromatic nitrogens is 1. The number of rotatable bonds is 5. The van der Waals surface area contributed by atoms with E-state index in [0.29, 0.717) is 11.6 Å². The molecule has 4 nitrogen and oxygen atoms in total. The zero-order valence-corrected chi connectivity index (χ0v) is 12.4. The summed E-state index contributed by atoms with van der Waals surface area (Å²) < 4.78 is 51.5. The van der Waals surface area contributed by atoms with Crippen molar-refractivity contribution in [3.8, 4) is 0 Å². The van der Waals surface area contributed by atoms with Crippen molar-refractivity contribution in [2.24, 2.45) is 0 Å². The third-order valence-corrected chi connectivity index (χ3v) is 3.31. The molecule has 0 saturated heterocycles. The molecule has 0 aliphatic rings. The van der Waals surface area contributed by atoms with Gasteiger partial charge in [0.15, 0.2) is 0 Å². The molecular weight excluding hydrogens is 328 g/mol. The molecular formula is C16H14F4N2O2. The van der Waals surface area contributed by atoms with Gasteiger partial charge in [-0.3, -0.25) is 9.59 Å². The van der Waals surface area contributed by atoms with E-state index in [1.54, 1.807) is 0 Å². The number of amides is 1. The van der Waals surface area contributed by atoms with Crippen molar-refractivity contribution < 1.29 is 22.4 Å². The molecule has 0 fully saturated rings. The van der Waals surface area contributed by atoms with Gasteiger partial charge >= 0.3 is 6.18 Å². The van der Waals surface area contributed by atoms with Crippen LogP contribution in [0.3, 0.4) is 0 Å². The number of hydrogen-bond donors (Lipinski definition) is 1. The first kappa shape index (κ1) is 17.7. The van der Waals surface area contributed by atoms with Gasteiger partial charge in [0.2, 0.25) is 5.91 Å². The molecule has 2 aromatic rings. The number of nitrogens with one attached hydrogen (secondary N) is 1. The second-order valence-corrected chi connectivity index (χ2v) is 5.07. The second kappa shape index (κ2) is 7.29. The van der Waals surface area contributed by atoms with Crippen LogP contribution in [-0.4, -0.2) is 10.5 Å². The van der Waals surface area contributed by atoms with Crippen molar-refractivity contribution in [1.29, 1.82) is 0 Å². The Bertz CT molecular complexity index is 767. The van der Waals surface area contributed by atoms with E-state index in [2.05, 4.69) is 5.32 Å². The topological polar surface area (TPSA) is 51.1 Å². The third kappa shape index (κ3) is 4.68. The fraction of sp³-hybridized carbons (Fsp3) is 0.250. The van der Waals surface area contributed by atoms with E-state index in [1.807, 2.05) is 0 Å². The summed E-state index contributed by atoms with van der Waals surface area (Å²) in [6.45, 7) is -0.00535. The van der Waals surface area contributed by atoms with E-state index in [0.717, 1.165) is 10.6 Å². The Balaban J connectivity index is 1.92. The predicted molar refractivity (Wildman–Crippen MR) is 78.6 cm³/mol. The Hall–Kier alpha value is -2.64. The Labute approximate surface area is 134 Å².